The van der Waals surface area contributed by atoms with Crippen LogP contribution in [0.2, 0.25) is 5.02 Å². The molecule has 3 aromatic rings. The lowest BCUT2D eigenvalue weighted by Gasteiger charge is -2.23. The first-order valence-corrected chi connectivity index (χ1v) is 8.74. The van der Waals surface area contributed by atoms with Crippen molar-refractivity contribution in [3.8, 4) is 0 Å². The summed E-state index contributed by atoms with van der Waals surface area (Å²) in [6, 6.07) is 9.63. The van der Waals surface area contributed by atoms with Crippen molar-refractivity contribution >= 4 is 17.3 Å². The quantitative estimate of drug-likeness (QED) is 0.761. The number of hydrogen-bond donors (Lipinski definition) is 1. The van der Waals surface area contributed by atoms with E-state index in [1.165, 1.54) is 4.68 Å². The number of nitrogens with zero attached hydrogens (tertiary/aromatic N) is 4. The van der Waals surface area contributed by atoms with Crippen molar-refractivity contribution in [2.45, 2.75) is 32.4 Å². The number of aromatic nitrogens is 4. The highest BCUT2D eigenvalue weighted by Crippen LogP contribution is 2.28. The molecule has 0 amide bonds. The van der Waals surface area contributed by atoms with Crippen LogP contribution in [0.1, 0.15) is 38.2 Å². The van der Waals surface area contributed by atoms with E-state index in [2.05, 4.69) is 15.4 Å². The van der Waals surface area contributed by atoms with Crippen molar-refractivity contribution in [3.05, 3.63) is 75.7 Å². The number of nitrogens with one attached hydrogen (secondary N) is 1. The number of aryl methyl sites for hydroxylation is 1. The summed E-state index contributed by atoms with van der Waals surface area (Å²) in [6.07, 6.45) is 5.21. The first-order chi connectivity index (χ1) is 12.3. The minimum absolute atomic E-state index is 0.116. The SMILES string of the molecule is Cn1ccnc1C(Nc1cnn(C(C)(C)C)c(=O)c1Cl)c1ccccc1. The van der Waals surface area contributed by atoms with Gasteiger partial charge in [0.15, 0.2) is 0 Å². The van der Waals surface area contributed by atoms with Crippen LogP contribution in [0.25, 0.3) is 0 Å². The van der Waals surface area contributed by atoms with Crippen molar-refractivity contribution < 1.29 is 0 Å². The number of halogens is 1. The van der Waals surface area contributed by atoms with Crippen LogP contribution >= 0.6 is 11.6 Å². The van der Waals surface area contributed by atoms with Gasteiger partial charge in [-0.2, -0.15) is 5.10 Å². The van der Waals surface area contributed by atoms with Gasteiger partial charge in [-0.25, -0.2) is 9.67 Å². The summed E-state index contributed by atoms with van der Waals surface area (Å²) in [5, 5.41) is 7.74. The molecule has 2 heterocycles. The molecule has 3 rings (SSSR count). The maximum Gasteiger partial charge on any atom is 0.288 e. The molecule has 0 spiro atoms. The Labute approximate surface area is 157 Å². The van der Waals surface area contributed by atoms with Gasteiger partial charge < -0.3 is 9.88 Å². The minimum atomic E-state index is -0.447. The van der Waals surface area contributed by atoms with Gasteiger partial charge in [-0.3, -0.25) is 4.79 Å². The average molecular weight is 372 g/mol. The van der Waals surface area contributed by atoms with Crippen molar-refractivity contribution in [1.82, 2.24) is 19.3 Å². The number of benzene rings is 1. The Morgan fingerprint density at radius 3 is 2.46 bits per heavy atom. The van der Waals surface area contributed by atoms with Crippen LogP contribution in [0.3, 0.4) is 0 Å². The predicted molar refractivity (Wildman–Crippen MR) is 104 cm³/mol. The molecule has 6 nitrogen and oxygen atoms in total. The van der Waals surface area contributed by atoms with Gasteiger partial charge in [0.1, 0.15) is 16.9 Å². The summed E-state index contributed by atoms with van der Waals surface area (Å²) in [7, 11) is 1.93. The zero-order valence-electron chi connectivity index (χ0n) is 15.3. The van der Waals surface area contributed by atoms with Crippen LogP contribution in [-0.2, 0) is 12.6 Å². The standard InChI is InChI=1S/C19H22ClN5O/c1-19(2,3)25-18(26)15(20)14(12-22-25)23-16(13-8-6-5-7-9-13)17-21-10-11-24(17)4/h5-12,16,23H,1-4H3. The molecule has 0 fully saturated rings. The second-order valence-electron chi connectivity index (χ2n) is 7.14. The highest BCUT2D eigenvalue weighted by Gasteiger charge is 2.23. The van der Waals surface area contributed by atoms with Crippen LogP contribution in [-0.4, -0.2) is 19.3 Å². The Balaban J connectivity index is 2.05. The lowest BCUT2D eigenvalue weighted by Crippen LogP contribution is -2.36. The molecule has 136 valence electrons. The van der Waals surface area contributed by atoms with Crippen LogP contribution in [0.15, 0.2) is 53.7 Å². The van der Waals surface area contributed by atoms with Crippen LogP contribution in [0.4, 0.5) is 5.69 Å². The van der Waals surface area contributed by atoms with E-state index in [9.17, 15) is 4.79 Å². The molecule has 0 radical (unpaired) electrons. The van der Waals surface area contributed by atoms with Gasteiger partial charge in [0.25, 0.3) is 5.56 Å². The maximum absolute atomic E-state index is 12.6. The molecule has 0 aliphatic rings. The van der Waals surface area contributed by atoms with Gasteiger partial charge in [0, 0.05) is 19.4 Å². The number of hydrogen-bond acceptors (Lipinski definition) is 4. The molecular formula is C19H22ClN5O. The van der Waals surface area contributed by atoms with E-state index in [1.54, 1.807) is 12.4 Å². The molecular weight excluding hydrogens is 350 g/mol. The third-order valence-corrected chi connectivity index (χ3v) is 4.47. The fourth-order valence-corrected chi connectivity index (χ4v) is 2.95. The maximum atomic E-state index is 12.6. The zero-order chi connectivity index (χ0) is 18.9. The molecule has 1 atom stereocenters. The van der Waals surface area contributed by atoms with E-state index in [-0.39, 0.29) is 16.6 Å². The first-order valence-electron chi connectivity index (χ1n) is 8.36. The monoisotopic (exact) mass is 371 g/mol. The molecule has 0 saturated heterocycles. The third kappa shape index (κ3) is 3.51. The van der Waals surface area contributed by atoms with Crippen LogP contribution < -0.4 is 10.9 Å². The van der Waals surface area contributed by atoms with Gasteiger partial charge in [0.2, 0.25) is 0 Å². The molecule has 26 heavy (non-hydrogen) atoms. The number of imidazole rings is 1. The van der Waals surface area contributed by atoms with E-state index in [0.717, 1.165) is 11.4 Å². The normalized spacial score (nSPS) is 12.8. The van der Waals surface area contributed by atoms with Crippen molar-refractivity contribution in [2.24, 2.45) is 7.05 Å². The van der Waals surface area contributed by atoms with E-state index in [1.807, 2.05) is 68.9 Å². The topological polar surface area (TPSA) is 64.7 Å². The van der Waals surface area contributed by atoms with Gasteiger partial charge in [-0.1, -0.05) is 41.9 Å². The molecule has 0 saturated carbocycles. The molecule has 1 N–H and O–H groups in total. The summed E-state index contributed by atoms with van der Waals surface area (Å²) in [6.45, 7) is 5.72. The Kier molecular flexibility index (Phi) is 4.87. The smallest absolute Gasteiger partial charge is 0.288 e. The summed E-state index contributed by atoms with van der Waals surface area (Å²) >= 11 is 6.37. The van der Waals surface area contributed by atoms with Gasteiger partial charge in [-0.15, -0.1) is 0 Å². The highest BCUT2D eigenvalue weighted by molar-refractivity contribution is 6.32. The molecule has 1 aromatic carbocycles. The fraction of sp³-hybridized carbons (Fsp3) is 0.316. The van der Waals surface area contributed by atoms with Gasteiger partial charge in [0.05, 0.1) is 17.4 Å². The second kappa shape index (κ2) is 6.96. The third-order valence-electron chi connectivity index (χ3n) is 4.10. The lowest BCUT2D eigenvalue weighted by atomic mass is 10.1. The van der Waals surface area contributed by atoms with Crippen molar-refractivity contribution in [1.29, 1.82) is 0 Å². The van der Waals surface area contributed by atoms with Crippen molar-refractivity contribution in [2.75, 3.05) is 5.32 Å². The molecule has 0 bridgehead atoms. The molecule has 1 unspecified atom stereocenters. The second-order valence-corrected chi connectivity index (χ2v) is 7.52. The lowest BCUT2D eigenvalue weighted by molar-refractivity contribution is 0.338. The Hall–Kier alpha value is -2.60. The zero-order valence-corrected chi connectivity index (χ0v) is 16.0. The molecule has 7 heteroatoms. The van der Waals surface area contributed by atoms with E-state index >= 15 is 0 Å². The minimum Gasteiger partial charge on any atom is -0.369 e. The summed E-state index contributed by atoms with van der Waals surface area (Å²) < 4.78 is 3.32. The summed E-state index contributed by atoms with van der Waals surface area (Å²) in [5.74, 6) is 0.812. The predicted octanol–water partition coefficient (Wildman–Crippen LogP) is 3.59. The Morgan fingerprint density at radius 2 is 1.88 bits per heavy atom. The van der Waals surface area contributed by atoms with Crippen LogP contribution in [0, 0.1) is 0 Å². The first kappa shape index (κ1) is 18.2. The molecule has 0 aliphatic carbocycles. The van der Waals surface area contributed by atoms with Crippen molar-refractivity contribution in [3.63, 3.8) is 0 Å². The molecule has 2 aromatic heterocycles. The largest absolute Gasteiger partial charge is 0.369 e. The molecule has 0 aliphatic heterocycles. The highest BCUT2D eigenvalue weighted by atomic mass is 35.5. The van der Waals surface area contributed by atoms with E-state index in [0.29, 0.717) is 5.69 Å². The number of rotatable bonds is 4. The van der Waals surface area contributed by atoms with Crippen LogP contribution in [0.5, 0.6) is 0 Å². The van der Waals surface area contributed by atoms with E-state index < -0.39 is 5.54 Å². The summed E-state index contributed by atoms with van der Waals surface area (Å²) in [5.41, 5.74) is 0.723. The Bertz CT molecular complexity index is 956. The fourth-order valence-electron chi connectivity index (χ4n) is 2.76. The summed E-state index contributed by atoms with van der Waals surface area (Å²) in [4.78, 5) is 17.1. The van der Waals surface area contributed by atoms with Gasteiger partial charge >= 0.3 is 0 Å². The van der Waals surface area contributed by atoms with Gasteiger partial charge in [-0.05, 0) is 26.3 Å². The van der Waals surface area contributed by atoms with E-state index in [4.69, 9.17) is 11.6 Å². The number of anilines is 1. The average Bonchev–Trinajstić information content (AvgIpc) is 3.01. The Morgan fingerprint density at radius 1 is 1.19 bits per heavy atom.